The number of nitrogens with zero attached hydrogens (tertiary/aromatic N) is 3. The second-order valence-electron chi connectivity index (χ2n) is 8.48. The molecular weight excluding hydrogens is 507 g/mol. The fraction of sp³-hybridized carbons (Fsp3) is 0.385. The van der Waals surface area contributed by atoms with E-state index in [9.17, 15) is 13.2 Å². The van der Waals surface area contributed by atoms with Crippen LogP contribution < -0.4 is 4.74 Å². The molecular formula is C26H28F3N3O6. The SMILES string of the molecule is CO[C@@H]1[C@@H](OC)[C@H](C)O[C@@H](ON=Cc2ccc(-c3cn(-c4ccc(OC(F)(F)F)cc4)cn3)cc2)[C@@H]1OC. The zero-order chi connectivity index (χ0) is 27.3. The Morgan fingerprint density at radius 3 is 2.18 bits per heavy atom. The first-order valence-electron chi connectivity index (χ1n) is 11.7. The zero-order valence-corrected chi connectivity index (χ0v) is 21.2. The maximum Gasteiger partial charge on any atom is 0.573 e. The molecule has 0 spiro atoms. The highest BCUT2D eigenvalue weighted by Gasteiger charge is 2.46. The van der Waals surface area contributed by atoms with E-state index in [1.54, 1.807) is 44.6 Å². The van der Waals surface area contributed by atoms with Crippen LogP contribution >= 0.6 is 0 Å². The molecule has 1 aromatic heterocycles. The summed E-state index contributed by atoms with van der Waals surface area (Å²) in [7, 11) is 4.71. The molecule has 0 saturated carbocycles. The molecule has 12 heteroatoms. The van der Waals surface area contributed by atoms with Crippen molar-refractivity contribution in [2.45, 2.75) is 44.0 Å². The first-order valence-corrected chi connectivity index (χ1v) is 11.7. The van der Waals surface area contributed by atoms with E-state index in [0.29, 0.717) is 11.4 Å². The fourth-order valence-electron chi connectivity index (χ4n) is 4.22. The molecule has 2 heterocycles. The molecule has 0 aliphatic carbocycles. The van der Waals surface area contributed by atoms with Crippen molar-refractivity contribution in [3.05, 3.63) is 66.6 Å². The van der Waals surface area contributed by atoms with Gasteiger partial charge in [-0.25, -0.2) is 4.98 Å². The molecule has 0 bridgehead atoms. The Balaban J connectivity index is 1.38. The maximum atomic E-state index is 12.4. The van der Waals surface area contributed by atoms with E-state index >= 15 is 0 Å². The third-order valence-corrected chi connectivity index (χ3v) is 6.07. The van der Waals surface area contributed by atoms with Crippen molar-refractivity contribution in [1.29, 1.82) is 0 Å². The van der Waals surface area contributed by atoms with Crippen LogP contribution in [-0.4, -0.2) is 74.2 Å². The van der Waals surface area contributed by atoms with Crippen molar-refractivity contribution in [3.8, 4) is 22.7 Å². The number of hydrogen-bond donors (Lipinski definition) is 0. The minimum atomic E-state index is -4.73. The van der Waals surface area contributed by atoms with Gasteiger partial charge in [-0.3, -0.25) is 0 Å². The quantitative estimate of drug-likeness (QED) is 0.293. The summed E-state index contributed by atoms with van der Waals surface area (Å²) in [6.45, 7) is 1.86. The standard InChI is InChI=1S/C26H28F3N3O6/c1-16-22(33-2)23(34-3)24(35-4)25(36-16)38-31-13-17-5-7-18(8-6-17)21-14-32(15-30-21)19-9-11-20(12-10-19)37-26(27,28)29/h5-16,22-25H,1-4H3/t16-,22-,23+,24+,25-/m0/s1. The minimum Gasteiger partial charge on any atom is -0.406 e. The lowest BCUT2D eigenvalue weighted by Gasteiger charge is -2.42. The number of oxime groups is 1. The Labute approximate surface area is 217 Å². The van der Waals surface area contributed by atoms with Gasteiger partial charge in [0.15, 0.2) is 6.10 Å². The summed E-state index contributed by atoms with van der Waals surface area (Å²) in [4.78, 5) is 9.98. The molecule has 38 heavy (non-hydrogen) atoms. The van der Waals surface area contributed by atoms with Gasteiger partial charge in [-0.15, -0.1) is 13.2 Å². The average Bonchev–Trinajstić information content (AvgIpc) is 3.38. The van der Waals surface area contributed by atoms with Gasteiger partial charge in [0.05, 0.1) is 24.3 Å². The monoisotopic (exact) mass is 535 g/mol. The van der Waals surface area contributed by atoms with E-state index in [-0.39, 0.29) is 24.1 Å². The van der Waals surface area contributed by atoms with Crippen LogP contribution in [0, 0.1) is 0 Å². The number of halogens is 3. The van der Waals surface area contributed by atoms with E-state index < -0.39 is 18.8 Å². The van der Waals surface area contributed by atoms with Gasteiger partial charge in [-0.2, -0.15) is 0 Å². The number of benzene rings is 2. The van der Waals surface area contributed by atoms with E-state index in [0.717, 1.165) is 11.1 Å². The molecule has 0 unspecified atom stereocenters. The molecule has 5 atom stereocenters. The number of ether oxygens (including phenoxy) is 5. The third kappa shape index (κ3) is 6.51. The lowest BCUT2D eigenvalue weighted by Crippen LogP contribution is -2.59. The highest BCUT2D eigenvalue weighted by Crippen LogP contribution is 2.28. The molecule has 2 aromatic carbocycles. The van der Waals surface area contributed by atoms with Crippen LogP contribution in [0.1, 0.15) is 12.5 Å². The molecule has 1 aliphatic rings. The number of hydrogen-bond acceptors (Lipinski definition) is 8. The van der Waals surface area contributed by atoms with E-state index in [4.69, 9.17) is 23.8 Å². The van der Waals surface area contributed by atoms with Gasteiger partial charge in [0.1, 0.15) is 18.0 Å². The zero-order valence-electron chi connectivity index (χ0n) is 21.2. The molecule has 9 nitrogen and oxygen atoms in total. The molecule has 3 aromatic rings. The Hall–Kier alpha value is -3.45. The number of alkyl halides is 3. The molecule has 4 rings (SSSR count). The summed E-state index contributed by atoms with van der Waals surface area (Å²) in [6, 6.07) is 13.0. The summed E-state index contributed by atoms with van der Waals surface area (Å²) in [5, 5.41) is 4.07. The van der Waals surface area contributed by atoms with Crippen LogP contribution in [-0.2, 0) is 23.8 Å². The molecule has 1 saturated heterocycles. The predicted molar refractivity (Wildman–Crippen MR) is 131 cm³/mol. The fourth-order valence-corrected chi connectivity index (χ4v) is 4.22. The van der Waals surface area contributed by atoms with Crippen molar-refractivity contribution in [1.82, 2.24) is 9.55 Å². The lowest BCUT2D eigenvalue weighted by atomic mass is 9.99. The van der Waals surface area contributed by atoms with Crippen molar-refractivity contribution < 1.29 is 41.7 Å². The first-order chi connectivity index (χ1) is 18.2. The topological polar surface area (TPSA) is 85.6 Å². The first kappa shape index (κ1) is 27.6. The Morgan fingerprint density at radius 2 is 1.58 bits per heavy atom. The van der Waals surface area contributed by atoms with Crippen LogP contribution in [0.25, 0.3) is 16.9 Å². The van der Waals surface area contributed by atoms with Gasteiger partial charge in [0, 0.05) is 38.8 Å². The molecule has 1 aliphatic heterocycles. The molecule has 204 valence electrons. The highest BCUT2D eigenvalue weighted by atomic mass is 19.4. The van der Waals surface area contributed by atoms with Crippen LogP contribution in [0.4, 0.5) is 13.2 Å². The van der Waals surface area contributed by atoms with E-state index in [1.807, 2.05) is 31.2 Å². The third-order valence-electron chi connectivity index (χ3n) is 6.07. The maximum absolute atomic E-state index is 12.4. The van der Waals surface area contributed by atoms with Crippen LogP contribution in [0.15, 0.2) is 66.2 Å². The van der Waals surface area contributed by atoms with Gasteiger partial charge in [0.2, 0.25) is 0 Å². The average molecular weight is 536 g/mol. The van der Waals surface area contributed by atoms with E-state index in [1.165, 1.54) is 24.3 Å². The highest BCUT2D eigenvalue weighted by molar-refractivity contribution is 5.80. The molecule has 1 fully saturated rings. The van der Waals surface area contributed by atoms with Crippen molar-refractivity contribution in [3.63, 3.8) is 0 Å². The molecule has 0 N–H and O–H groups in total. The summed E-state index contributed by atoms with van der Waals surface area (Å²) >= 11 is 0. The smallest absolute Gasteiger partial charge is 0.406 e. The summed E-state index contributed by atoms with van der Waals surface area (Å²) < 4.78 is 65.1. The number of aromatic nitrogens is 2. The molecule has 0 radical (unpaired) electrons. The minimum absolute atomic E-state index is 0.289. The van der Waals surface area contributed by atoms with Crippen LogP contribution in [0.2, 0.25) is 0 Å². The largest absolute Gasteiger partial charge is 0.573 e. The normalized spacial score (nSPS) is 24.0. The Kier molecular flexibility index (Phi) is 8.67. The second-order valence-corrected chi connectivity index (χ2v) is 8.48. The Morgan fingerprint density at radius 1 is 0.921 bits per heavy atom. The molecule has 0 amide bonds. The van der Waals surface area contributed by atoms with Crippen molar-refractivity contribution in [2.24, 2.45) is 5.16 Å². The van der Waals surface area contributed by atoms with Crippen LogP contribution in [0.3, 0.4) is 0 Å². The van der Waals surface area contributed by atoms with Gasteiger partial charge < -0.3 is 33.1 Å². The van der Waals surface area contributed by atoms with Crippen molar-refractivity contribution in [2.75, 3.05) is 21.3 Å². The number of methoxy groups -OCH3 is 3. The Bertz CT molecular complexity index is 1200. The summed E-state index contributed by atoms with van der Waals surface area (Å²) in [5.74, 6) is -0.289. The van der Waals surface area contributed by atoms with Gasteiger partial charge in [-0.1, -0.05) is 29.4 Å². The van der Waals surface area contributed by atoms with E-state index in [2.05, 4.69) is 14.9 Å². The van der Waals surface area contributed by atoms with Gasteiger partial charge >= 0.3 is 6.36 Å². The summed E-state index contributed by atoms with van der Waals surface area (Å²) in [5.41, 5.74) is 2.95. The van der Waals surface area contributed by atoms with Crippen molar-refractivity contribution >= 4 is 6.21 Å². The van der Waals surface area contributed by atoms with Gasteiger partial charge in [-0.05, 0) is 36.8 Å². The number of imidazole rings is 1. The van der Waals surface area contributed by atoms with Crippen LogP contribution in [0.5, 0.6) is 5.75 Å². The lowest BCUT2D eigenvalue weighted by molar-refractivity contribution is -0.305. The summed E-state index contributed by atoms with van der Waals surface area (Å²) in [6.07, 6.45) is -2.13. The predicted octanol–water partition coefficient (Wildman–Crippen LogP) is 4.58. The second kappa shape index (κ2) is 11.9. The van der Waals surface area contributed by atoms with Gasteiger partial charge in [0.25, 0.3) is 6.29 Å². The number of rotatable bonds is 9.